The molecule has 0 atom stereocenters. The van der Waals surface area contributed by atoms with Gasteiger partial charge in [-0.1, -0.05) is 24.3 Å². The number of aromatic nitrogens is 2. The Hall–Kier alpha value is -3.19. The van der Waals surface area contributed by atoms with E-state index in [2.05, 4.69) is 15.3 Å². The van der Waals surface area contributed by atoms with Crippen molar-refractivity contribution in [3.8, 4) is 5.75 Å². The third kappa shape index (κ3) is 4.92. The molecular formula is C20H21N3O4. The second-order valence-electron chi connectivity index (χ2n) is 5.92. The van der Waals surface area contributed by atoms with Crippen LogP contribution < -0.4 is 15.6 Å². The maximum absolute atomic E-state index is 12.1. The smallest absolute Gasteiger partial charge is 0.374 e. The highest BCUT2D eigenvalue weighted by Gasteiger charge is 2.12. The summed E-state index contributed by atoms with van der Waals surface area (Å²) in [5.74, 6) is 0.103. The highest BCUT2D eigenvalue weighted by Crippen LogP contribution is 2.11. The molecule has 0 saturated carbocycles. The molecule has 0 saturated heterocycles. The molecule has 2 N–H and O–H groups in total. The molecular weight excluding hydrogens is 346 g/mol. The average molecular weight is 367 g/mol. The fourth-order valence-electron chi connectivity index (χ4n) is 2.62. The Morgan fingerprint density at radius 2 is 1.89 bits per heavy atom. The van der Waals surface area contributed by atoms with E-state index in [1.54, 1.807) is 31.4 Å². The van der Waals surface area contributed by atoms with E-state index in [1.165, 1.54) is 5.56 Å². The largest absolute Gasteiger partial charge is 0.497 e. The monoisotopic (exact) mass is 367 g/mol. The molecule has 0 fully saturated rings. The fourth-order valence-corrected chi connectivity index (χ4v) is 2.62. The van der Waals surface area contributed by atoms with Gasteiger partial charge in [-0.25, -0.2) is 9.78 Å². The molecule has 140 valence electrons. The number of hydrogen-bond donors (Lipinski definition) is 2. The van der Waals surface area contributed by atoms with Crippen LogP contribution in [0.2, 0.25) is 0 Å². The summed E-state index contributed by atoms with van der Waals surface area (Å²) in [6, 6.07) is 14.7. The van der Waals surface area contributed by atoms with E-state index in [0.29, 0.717) is 17.4 Å². The van der Waals surface area contributed by atoms with Gasteiger partial charge < -0.3 is 19.8 Å². The third-order valence-electron chi connectivity index (χ3n) is 4.07. The van der Waals surface area contributed by atoms with Gasteiger partial charge in [0.1, 0.15) is 12.4 Å². The molecule has 0 spiro atoms. The minimum absolute atomic E-state index is 0.0862. The molecule has 0 aliphatic carbocycles. The highest BCUT2D eigenvalue weighted by atomic mass is 16.5. The Balaban J connectivity index is 1.42. The van der Waals surface area contributed by atoms with Gasteiger partial charge in [0.15, 0.2) is 0 Å². The highest BCUT2D eigenvalue weighted by molar-refractivity contribution is 5.88. The van der Waals surface area contributed by atoms with E-state index in [-0.39, 0.29) is 18.0 Å². The summed E-state index contributed by atoms with van der Waals surface area (Å²) >= 11 is 0. The molecule has 7 nitrogen and oxygen atoms in total. The number of para-hydroxylation sites is 1. The molecule has 7 heteroatoms. The number of carbonyl (C=O) groups excluding carboxylic acids is 1. The quantitative estimate of drug-likeness (QED) is 0.467. The zero-order valence-electron chi connectivity index (χ0n) is 15.0. The van der Waals surface area contributed by atoms with E-state index in [1.807, 2.05) is 24.3 Å². The fraction of sp³-hybridized carbons (Fsp3) is 0.250. The molecule has 0 amide bonds. The average Bonchev–Trinajstić information content (AvgIpc) is 2.70. The summed E-state index contributed by atoms with van der Waals surface area (Å²) in [6.07, 6.45) is 0.859. The zero-order chi connectivity index (χ0) is 19.1. The van der Waals surface area contributed by atoms with Crippen molar-refractivity contribution >= 4 is 16.9 Å². The molecule has 0 aliphatic heterocycles. The number of H-pyrrole nitrogens is 1. The summed E-state index contributed by atoms with van der Waals surface area (Å²) in [6.45, 7) is 1.46. The lowest BCUT2D eigenvalue weighted by molar-refractivity contribution is 0.0494. The van der Waals surface area contributed by atoms with Crippen molar-refractivity contribution in [3.63, 3.8) is 0 Å². The topological polar surface area (TPSA) is 93.3 Å². The minimum Gasteiger partial charge on any atom is -0.497 e. The van der Waals surface area contributed by atoms with Crippen molar-refractivity contribution in [3.05, 3.63) is 70.3 Å². The van der Waals surface area contributed by atoms with Crippen molar-refractivity contribution in [2.24, 2.45) is 0 Å². The van der Waals surface area contributed by atoms with E-state index in [0.717, 1.165) is 18.7 Å². The van der Waals surface area contributed by atoms with Crippen molar-refractivity contribution < 1.29 is 14.3 Å². The predicted octanol–water partition coefficient (Wildman–Crippen LogP) is 1.92. The summed E-state index contributed by atoms with van der Waals surface area (Å²) in [4.78, 5) is 30.6. The summed E-state index contributed by atoms with van der Waals surface area (Å²) in [7, 11) is 1.64. The minimum atomic E-state index is -0.644. The van der Waals surface area contributed by atoms with Gasteiger partial charge in [0, 0.05) is 6.54 Å². The first kappa shape index (κ1) is 18.6. The lowest BCUT2D eigenvalue weighted by atomic mass is 10.1. The van der Waals surface area contributed by atoms with E-state index in [4.69, 9.17) is 9.47 Å². The number of hydrogen-bond acceptors (Lipinski definition) is 6. The first-order valence-electron chi connectivity index (χ1n) is 8.67. The molecule has 1 heterocycles. The van der Waals surface area contributed by atoms with Crippen LogP contribution in [0.4, 0.5) is 0 Å². The summed E-state index contributed by atoms with van der Waals surface area (Å²) < 4.78 is 10.3. The molecule has 3 rings (SSSR count). The number of ether oxygens (including phenoxy) is 2. The first-order chi connectivity index (χ1) is 13.2. The first-order valence-corrected chi connectivity index (χ1v) is 8.67. The maximum atomic E-state index is 12.1. The van der Waals surface area contributed by atoms with Gasteiger partial charge in [-0.15, -0.1) is 0 Å². The van der Waals surface area contributed by atoms with Crippen LogP contribution in [0, 0.1) is 0 Å². The van der Waals surface area contributed by atoms with Crippen LogP contribution in [0.5, 0.6) is 5.75 Å². The summed E-state index contributed by atoms with van der Waals surface area (Å²) in [5, 5.41) is 3.65. The Labute approximate surface area is 156 Å². The zero-order valence-corrected chi connectivity index (χ0v) is 15.0. The van der Waals surface area contributed by atoms with Crippen LogP contribution in [-0.2, 0) is 11.2 Å². The molecule has 3 aromatic rings. The number of nitrogens with one attached hydrogen (secondary N) is 2. The Kier molecular flexibility index (Phi) is 6.17. The van der Waals surface area contributed by atoms with Crippen LogP contribution in [0.25, 0.3) is 10.9 Å². The molecule has 0 aliphatic rings. The Morgan fingerprint density at radius 3 is 2.67 bits per heavy atom. The number of fused-ring (bicyclic) bond motifs is 1. The number of carbonyl (C=O) groups is 1. The normalized spacial score (nSPS) is 10.7. The van der Waals surface area contributed by atoms with Gasteiger partial charge in [0.2, 0.25) is 5.82 Å². The van der Waals surface area contributed by atoms with Gasteiger partial charge in [0.25, 0.3) is 5.56 Å². The molecule has 1 aromatic heterocycles. The number of nitrogens with zero attached hydrogens (tertiary/aromatic N) is 1. The van der Waals surface area contributed by atoms with E-state index >= 15 is 0 Å². The second-order valence-corrected chi connectivity index (χ2v) is 5.92. The third-order valence-corrected chi connectivity index (χ3v) is 4.07. The van der Waals surface area contributed by atoms with Crippen LogP contribution in [-0.4, -0.2) is 42.7 Å². The molecule has 0 bridgehead atoms. The lowest BCUT2D eigenvalue weighted by Gasteiger charge is -2.07. The van der Waals surface area contributed by atoms with Crippen LogP contribution in [0.15, 0.2) is 53.3 Å². The Bertz CT molecular complexity index is 967. The standard InChI is InChI=1S/C20H21N3O4/c1-26-15-8-6-14(7-9-15)10-11-21-12-13-27-20(25)18-22-17-5-3-2-4-16(17)19(24)23-18/h2-9,21H,10-13H2,1H3,(H,22,23,24). The van der Waals surface area contributed by atoms with Crippen molar-refractivity contribution in [2.45, 2.75) is 6.42 Å². The Morgan fingerprint density at radius 1 is 1.11 bits per heavy atom. The van der Waals surface area contributed by atoms with Crippen molar-refractivity contribution in [1.29, 1.82) is 0 Å². The van der Waals surface area contributed by atoms with Crippen LogP contribution in [0.1, 0.15) is 16.2 Å². The number of aromatic amines is 1. The lowest BCUT2D eigenvalue weighted by Crippen LogP contribution is -2.25. The second kappa shape index (κ2) is 8.95. The predicted molar refractivity (Wildman–Crippen MR) is 102 cm³/mol. The van der Waals surface area contributed by atoms with Gasteiger partial charge in [-0.2, -0.15) is 0 Å². The number of benzene rings is 2. The maximum Gasteiger partial charge on any atom is 0.374 e. The molecule has 0 unspecified atom stereocenters. The number of rotatable bonds is 8. The molecule has 2 aromatic carbocycles. The van der Waals surface area contributed by atoms with Crippen LogP contribution >= 0.6 is 0 Å². The number of methoxy groups -OCH3 is 1. The van der Waals surface area contributed by atoms with Gasteiger partial charge >= 0.3 is 5.97 Å². The van der Waals surface area contributed by atoms with Gasteiger partial charge in [-0.05, 0) is 42.8 Å². The van der Waals surface area contributed by atoms with Crippen molar-refractivity contribution in [1.82, 2.24) is 15.3 Å². The van der Waals surface area contributed by atoms with Crippen molar-refractivity contribution in [2.75, 3.05) is 26.8 Å². The molecule has 27 heavy (non-hydrogen) atoms. The van der Waals surface area contributed by atoms with E-state index < -0.39 is 5.97 Å². The SMILES string of the molecule is COc1ccc(CCNCCOC(=O)c2nc3ccccc3c(=O)[nH]2)cc1. The van der Waals surface area contributed by atoms with Gasteiger partial charge in [0.05, 0.1) is 18.0 Å². The van der Waals surface area contributed by atoms with E-state index in [9.17, 15) is 9.59 Å². The number of esters is 1. The van der Waals surface area contributed by atoms with Gasteiger partial charge in [-0.3, -0.25) is 4.79 Å². The summed E-state index contributed by atoms with van der Waals surface area (Å²) in [5.41, 5.74) is 1.30. The van der Waals surface area contributed by atoms with Crippen LogP contribution in [0.3, 0.4) is 0 Å². The molecule has 0 radical (unpaired) electrons.